The summed E-state index contributed by atoms with van der Waals surface area (Å²) in [6, 6.07) is 20.2. The van der Waals surface area contributed by atoms with Crippen molar-refractivity contribution in [1.82, 2.24) is 0 Å². The molecule has 0 saturated carbocycles. The Balaban J connectivity index is 1.67. The van der Waals surface area contributed by atoms with Crippen molar-refractivity contribution in [3.8, 4) is 11.8 Å². The van der Waals surface area contributed by atoms with Crippen LogP contribution in [0.25, 0.3) is 6.08 Å². The highest BCUT2D eigenvalue weighted by atomic mass is 35.5. The summed E-state index contributed by atoms with van der Waals surface area (Å²) in [5, 5.41) is 0.766. The molecule has 0 radical (unpaired) electrons. The molecular weight excluding hydrogens is 429 g/mol. The van der Waals surface area contributed by atoms with E-state index < -0.39 is 0 Å². The summed E-state index contributed by atoms with van der Waals surface area (Å²) in [5.74, 6) is 5.54. The Morgan fingerprint density at radius 1 is 0.935 bits per heavy atom. The lowest BCUT2D eigenvalue weighted by atomic mass is 9.92. The third kappa shape index (κ3) is 4.41. The van der Waals surface area contributed by atoms with E-state index in [0.717, 1.165) is 11.1 Å². The minimum atomic E-state index is -0.369. The lowest BCUT2D eigenvalue weighted by Gasteiger charge is -2.26. The van der Waals surface area contributed by atoms with Crippen LogP contribution in [0.4, 0.5) is 5.69 Å². The molecule has 1 amide bonds. The number of anilines is 1. The molecule has 4 rings (SSSR count). The molecule has 3 aromatic rings. The van der Waals surface area contributed by atoms with Gasteiger partial charge in [0.2, 0.25) is 5.78 Å². The Morgan fingerprint density at radius 3 is 2.45 bits per heavy atom. The molecule has 1 aliphatic heterocycles. The van der Waals surface area contributed by atoms with Gasteiger partial charge in [-0.05, 0) is 47.5 Å². The summed E-state index contributed by atoms with van der Waals surface area (Å²) in [6.07, 6.45) is 2.16. The highest BCUT2D eigenvalue weighted by molar-refractivity contribution is 6.42. The zero-order valence-corrected chi connectivity index (χ0v) is 18.2. The van der Waals surface area contributed by atoms with E-state index in [0.29, 0.717) is 33.3 Å². The maximum atomic E-state index is 13.2. The highest BCUT2D eigenvalue weighted by Gasteiger charge is 2.32. The van der Waals surface area contributed by atoms with Crippen molar-refractivity contribution in [2.75, 3.05) is 11.9 Å². The van der Waals surface area contributed by atoms with E-state index in [2.05, 4.69) is 11.8 Å². The van der Waals surface area contributed by atoms with Gasteiger partial charge < -0.3 is 4.90 Å². The van der Waals surface area contributed by atoms with Crippen molar-refractivity contribution in [3.63, 3.8) is 0 Å². The predicted molar refractivity (Wildman–Crippen MR) is 126 cm³/mol. The number of halogens is 2. The number of hydrogen-bond acceptors (Lipinski definition) is 2. The zero-order chi connectivity index (χ0) is 22.0. The van der Waals surface area contributed by atoms with Crippen molar-refractivity contribution in [1.29, 1.82) is 0 Å². The standard InChI is InChI=1S/C26H17Cl2NO2/c1-29-24-13-11-18(9-5-8-17-6-3-2-4-7-17)14-20(24)25(30)21(26(29)31)15-19-10-12-22(27)23(28)16-19/h2-4,6-7,10-16H,8H2,1H3/b21-15-. The number of carbonyl (C=O) groups is 2. The maximum absolute atomic E-state index is 13.2. The van der Waals surface area contributed by atoms with E-state index in [4.69, 9.17) is 23.2 Å². The van der Waals surface area contributed by atoms with Crippen LogP contribution in [0.3, 0.4) is 0 Å². The van der Waals surface area contributed by atoms with Crippen molar-refractivity contribution in [2.45, 2.75) is 6.42 Å². The van der Waals surface area contributed by atoms with Gasteiger partial charge in [-0.15, -0.1) is 0 Å². The molecule has 0 bridgehead atoms. The Hall–Kier alpha value is -3.32. The van der Waals surface area contributed by atoms with Gasteiger partial charge in [-0.25, -0.2) is 0 Å². The van der Waals surface area contributed by atoms with Crippen LogP contribution >= 0.6 is 23.2 Å². The lowest BCUT2D eigenvalue weighted by molar-refractivity contribution is -0.114. The highest BCUT2D eigenvalue weighted by Crippen LogP contribution is 2.32. The molecule has 5 heteroatoms. The third-order valence-electron chi connectivity index (χ3n) is 5.00. The summed E-state index contributed by atoms with van der Waals surface area (Å²) in [6.45, 7) is 0. The quantitative estimate of drug-likeness (QED) is 0.282. The van der Waals surface area contributed by atoms with Gasteiger partial charge in [-0.3, -0.25) is 9.59 Å². The number of carbonyl (C=O) groups excluding carboxylic acids is 2. The Bertz CT molecular complexity index is 1280. The molecule has 3 aromatic carbocycles. The minimum Gasteiger partial charge on any atom is -0.311 e. The molecule has 0 aromatic heterocycles. The number of benzene rings is 3. The van der Waals surface area contributed by atoms with Crippen LogP contribution in [-0.4, -0.2) is 18.7 Å². The second-order valence-electron chi connectivity index (χ2n) is 7.12. The molecule has 0 saturated heterocycles. The first kappa shape index (κ1) is 20.9. The molecule has 1 aliphatic rings. The molecule has 31 heavy (non-hydrogen) atoms. The first-order valence-electron chi connectivity index (χ1n) is 9.60. The SMILES string of the molecule is CN1C(=O)/C(=C\c2ccc(Cl)c(Cl)c2)C(=O)c2cc(C#CCc3ccccc3)ccc21. The summed E-state index contributed by atoms with van der Waals surface area (Å²) in [5.41, 5.74) is 3.56. The number of ketones is 1. The molecule has 0 atom stereocenters. The Kier molecular flexibility index (Phi) is 5.95. The van der Waals surface area contributed by atoms with E-state index in [1.54, 1.807) is 43.5 Å². The number of amides is 1. The van der Waals surface area contributed by atoms with E-state index in [-0.39, 0.29) is 17.3 Å². The normalized spacial score (nSPS) is 14.3. The van der Waals surface area contributed by atoms with E-state index in [1.807, 2.05) is 36.4 Å². The fourth-order valence-corrected chi connectivity index (χ4v) is 3.67. The molecule has 1 heterocycles. The van der Waals surface area contributed by atoms with Crippen molar-refractivity contribution >= 4 is 46.7 Å². The number of likely N-dealkylation sites (N-methyl/N-ethyl adjacent to an activating group) is 1. The molecular formula is C26H17Cl2NO2. The Labute approximate surface area is 190 Å². The van der Waals surface area contributed by atoms with Gasteiger partial charge in [-0.2, -0.15) is 0 Å². The fourth-order valence-electron chi connectivity index (χ4n) is 3.36. The van der Waals surface area contributed by atoms with Crippen LogP contribution in [0.1, 0.15) is 27.0 Å². The third-order valence-corrected chi connectivity index (χ3v) is 5.74. The summed E-state index contributed by atoms with van der Waals surface area (Å²) in [7, 11) is 1.65. The van der Waals surface area contributed by atoms with Gasteiger partial charge in [0.1, 0.15) is 0 Å². The number of nitrogens with zero attached hydrogens (tertiary/aromatic N) is 1. The maximum Gasteiger partial charge on any atom is 0.262 e. The van der Waals surface area contributed by atoms with Gasteiger partial charge in [0.25, 0.3) is 5.91 Å². The van der Waals surface area contributed by atoms with Gasteiger partial charge in [0, 0.05) is 24.6 Å². The number of rotatable bonds is 2. The Morgan fingerprint density at radius 2 is 1.71 bits per heavy atom. The van der Waals surface area contributed by atoms with E-state index in [1.165, 1.54) is 4.90 Å². The largest absolute Gasteiger partial charge is 0.311 e. The number of hydrogen-bond donors (Lipinski definition) is 0. The van der Waals surface area contributed by atoms with Gasteiger partial charge >= 0.3 is 0 Å². The molecule has 3 nitrogen and oxygen atoms in total. The fraction of sp³-hybridized carbons (Fsp3) is 0.0769. The first-order chi connectivity index (χ1) is 14.9. The van der Waals surface area contributed by atoms with E-state index >= 15 is 0 Å². The molecule has 0 fully saturated rings. The molecule has 0 spiro atoms. The monoisotopic (exact) mass is 445 g/mol. The van der Waals surface area contributed by atoms with Crippen molar-refractivity contribution in [2.24, 2.45) is 0 Å². The summed E-state index contributed by atoms with van der Waals surface area (Å²) >= 11 is 12.0. The van der Waals surface area contributed by atoms with Crippen LogP contribution in [-0.2, 0) is 11.2 Å². The smallest absolute Gasteiger partial charge is 0.262 e. The van der Waals surface area contributed by atoms with Gasteiger partial charge in [0.05, 0.1) is 21.3 Å². The lowest BCUT2D eigenvalue weighted by Crippen LogP contribution is -2.36. The van der Waals surface area contributed by atoms with Crippen LogP contribution in [0.15, 0.2) is 72.3 Å². The summed E-state index contributed by atoms with van der Waals surface area (Å²) < 4.78 is 0. The molecule has 0 N–H and O–H groups in total. The topological polar surface area (TPSA) is 37.4 Å². The second-order valence-corrected chi connectivity index (χ2v) is 7.94. The van der Waals surface area contributed by atoms with Crippen molar-refractivity contribution < 1.29 is 9.59 Å². The average Bonchev–Trinajstić information content (AvgIpc) is 2.78. The van der Waals surface area contributed by atoms with E-state index in [9.17, 15) is 9.59 Å². The van der Waals surface area contributed by atoms with Crippen LogP contribution in [0.2, 0.25) is 10.0 Å². The van der Waals surface area contributed by atoms with Crippen LogP contribution < -0.4 is 4.90 Å². The predicted octanol–water partition coefficient (Wildman–Crippen LogP) is 5.83. The molecule has 0 unspecified atom stereocenters. The van der Waals surface area contributed by atoms with Crippen LogP contribution in [0, 0.1) is 11.8 Å². The number of Topliss-reactive ketones (excluding diaryl/α,β-unsaturated/α-hetero) is 1. The minimum absolute atomic E-state index is 0.0720. The van der Waals surface area contributed by atoms with Gasteiger partial charge in [0.15, 0.2) is 0 Å². The first-order valence-corrected chi connectivity index (χ1v) is 10.4. The molecule has 152 valence electrons. The van der Waals surface area contributed by atoms with Crippen molar-refractivity contribution in [3.05, 3.63) is 105 Å². The second kappa shape index (κ2) is 8.81. The summed E-state index contributed by atoms with van der Waals surface area (Å²) in [4.78, 5) is 27.4. The zero-order valence-electron chi connectivity index (χ0n) is 16.7. The van der Waals surface area contributed by atoms with Gasteiger partial charge in [-0.1, -0.05) is 71.4 Å². The van der Waals surface area contributed by atoms with Crippen LogP contribution in [0.5, 0.6) is 0 Å². The number of fused-ring (bicyclic) bond motifs is 1. The molecule has 0 aliphatic carbocycles. The average molecular weight is 446 g/mol.